The molecule has 2 aliphatic heterocycles. The third kappa shape index (κ3) is 2.95. The zero-order valence-corrected chi connectivity index (χ0v) is 9.63. The number of hydrogen-bond donors (Lipinski definition) is 1. The molecular formula is C11H17NO5. The van der Waals surface area contributed by atoms with Gasteiger partial charge >= 0.3 is 5.97 Å². The average Bonchev–Trinajstić information content (AvgIpc) is 2.39. The van der Waals surface area contributed by atoms with Gasteiger partial charge in [0.15, 0.2) is 6.10 Å². The van der Waals surface area contributed by atoms with Gasteiger partial charge in [-0.15, -0.1) is 0 Å². The van der Waals surface area contributed by atoms with Gasteiger partial charge in [-0.25, -0.2) is 4.79 Å². The maximum absolute atomic E-state index is 12.1. The van der Waals surface area contributed by atoms with E-state index in [1.165, 1.54) is 0 Å². The monoisotopic (exact) mass is 243 g/mol. The van der Waals surface area contributed by atoms with Crippen LogP contribution in [0.5, 0.6) is 0 Å². The van der Waals surface area contributed by atoms with Crippen LogP contribution in [0.25, 0.3) is 0 Å². The number of amides is 1. The van der Waals surface area contributed by atoms with Crippen molar-refractivity contribution in [3.63, 3.8) is 0 Å². The molecule has 96 valence electrons. The number of rotatable bonds is 2. The first-order valence-corrected chi connectivity index (χ1v) is 5.89. The Morgan fingerprint density at radius 3 is 2.76 bits per heavy atom. The van der Waals surface area contributed by atoms with Crippen molar-refractivity contribution < 1.29 is 24.2 Å². The van der Waals surface area contributed by atoms with Crippen LogP contribution in [0.15, 0.2) is 0 Å². The highest BCUT2D eigenvalue weighted by molar-refractivity contribution is 5.80. The summed E-state index contributed by atoms with van der Waals surface area (Å²) in [6.45, 7) is 2.07. The minimum atomic E-state index is -1.01. The molecule has 0 bridgehead atoms. The summed E-state index contributed by atoms with van der Waals surface area (Å²) in [4.78, 5) is 24.5. The molecule has 2 rings (SSSR count). The second kappa shape index (κ2) is 5.46. The van der Waals surface area contributed by atoms with E-state index in [0.29, 0.717) is 19.8 Å². The Morgan fingerprint density at radius 2 is 2.12 bits per heavy atom. The third-order valence-corrected chi connectivity index (χ3v) is 3.16. The summed E-state index contributed by atoms with van der Waals surface area (Å²) in [5, 5.41) is 8.86. The molecule has 1 amide bonds. The summed E-state index contributed by atoms with van der Waals surface area (Å²) >= 11 is 0. The van der Waals surface area contributed by atoms with Crippen LogP contribution in [0.2, 0.25) is 0 Å². The van der Waals surface area contributed by atoms with Gasteiger partial charge in [0.05, 0.1) is 25.7 Å². The molecule has 0 aromatic carbocycles. The van der Waals surface area contributed by atoms with E-state index in [9.17, 15) is 9.59 Å². The van der Waals surface area contributed by atoms with Gasteiger partial charge in [0.2, 0.25) is 5.91 Å². The maximum Gasteiger partial charge on any atom is 0.334 e. The second-order valence-corrected chi connectivity index (χ2v) is 4.40. The number of morpholine rings is 1. The summed E-state index contributed by atoms with van der Waals surface area (Å²) in [6.07, 6.45) is 0.828. The van der Waals surface area contributed by atoms with Crippen LogP contribution in [0.4, 0.5) is 0 Å². The summed E-state index contributed by atoms with van der Waals surface area (Å²) in [6, 6.07) is 0. The van der Waals surface area contributed by atoms with Crippen LogP contribution in [0, 0.1) is 5.92 Å². The minimum absolute atomic E-state index is 0.000694. The van der Waals surface area contributed by atoms with Gasteiger partial charge in [-0.1, -0.05) is 0 Å². The molecule has 6 nitrogen and oxygen atoms in total. The van der Waals surface area contributed by atoms with E-state index in [1.807, 2.05) is 0 Å². The average molecular weight is 243 g/mol. The molecule has 17 heavy (non-hydrogen) atoms. The number of ether oxygens (including phenoxy) is 2. The first kappa shape index (κ1) is 12.3. The van der Waals surface area contributed by atoms with Crippen LogP contribution in [0.3, 0.4) is 0 Å². The second-order valence-electron chi connectivity index (χ2n) is 4.40. The summed E-state index contributed by atoms with van der Waals surface area (Å²) < 4.78 is 10.4. The molecule has 0 unspecified atom stereocenters. The molecule has 2 saturated heterocycles. The molecule has 0 spiro atoms. The van der Waals surface area contributed by atoms with Crippen molar-refractivity contribution in [2.24, 2.45) is 5.92 Å². The SMILES string of the molecule is O=C(O)[C@H]1CN(C(=O)[C@H]2CCCOC2)CCO1. The Kier molecular flexibility index (Phi) is 3.96. The third-order valence-electron chi connectivity index (χ3n) is 3.16. The number of carboxylic acids is 1. The van der Waals surface area contributed by atoms with Crippen molar-refractivity contribution in [1.82, 2.24) is 4.90 Å². The fourth-order valence-corrected chi connectivity index (χ4v) is 2.19. The molecule has 0 aromatic heterocycles. The van der Waals surface area contributed by atoms with E-state index in [0.717, 1.165) is 12.8 Å². The van der Waals surface area contributed by atoms with Gasteiger partial charge in [-0.2, -0.15) is 0 Å². The summed E-state index contributed by atoms with van der Waals surface area (Å²) in [5.74, 6) is -1.13. The fraction of sp³-hybridized carbons (Fsp3) is 0.818. The molecule has 6 heteroatoms. The quantitative estimate of drug-likeness (QED) is 0.722. The van der Waals surface area contributed by atoms with Gasteiger partial charge in [-0.05, 0) is 12.8 Å². The fourth-order valence-electron chi connectivity index (χ4n) is 2.19. The number of carboxylic acid groups (broad SMARTS) is 1. The van der Waals surface area contributed by atoms with Gasteiger partial charge in [0, 0.05) is 13.2 Å². The number of hydrogen-bond acceptors (Lipinski definition) is 4. The number of nitrogens with zero attached hydrogens (tertiary/aromatic N) is 1. The van der Waals surface area contributed by atoms with Crippen molar-refractivity contribution in [1.29, 1.82) is 0 Å². The Hall–Kier alpha value is -1.14. The summed E-state index contributed by atoms with van der Waals surface area (Å²) in [5.41, 5.74) is 0. The molecule has 0 aromatic rings. The summed E-state index contributed by atoms with van der Waals surface area (Å²) in [7, 11) is 0. The van der Waals surface area contributed by atoms with Crippen molar-refractivity contribution in [2.75, 3.05) is 32.9 Å². The van der Waals surface area contributed by atoms with Gasteiger partial charge in [0.25, 0.3) is 0 Å². The molecule has 2 fully saturated rings. The zero-order valence-electron chi connectivity index (χ0n) is 9.63. The van der Waals surface area contributed by atoms with Crippen LogP contribution in [0.1, 0.15) is 12.8 Å². The molecule has 2 aliphatic rings. The Balaban J connectivity index is 1.91. The Labute approximate surface area is 99.5 Å². The first-order valence-electron chi connectivity index (χ1n) is 5.89. The van der Waals surface area contributed by atoms with Gasteiger partial charge in [-0.3, -0.25) is 4.79 Å². The highest BCUT2D eigenvalue weighted by atomic mass is 16.5. The predicted octanol–water partition coefficient (Wildman–Crippen LogP) is -0.275. The Morgan fingerprint density at radius 1 is 1.29 bits per heavy atom. The molecule has 0 aliphatic carbocycles. The topological polar surface area (TPSA) is 76.1 Å². The lowest BCUT2D eigenvalue weighted by Crippen LogP contribution is -2.51. The van der Waals surface area contributed by atoms with Gasteiger partial charge < -0.3 is 19.5 Å². The number of aliphatic carboxylic acids is 1. The molecule has 0 saturated carbocycles. The highest BCUT2D eigenvalue weighted by Crippen LogP contribution is 2.18. The number of carbonyl (C=O) groups excluding carboxylic acids is 1. The van der Waals surface area contributed by atoms with E-state index < -0.39 is 12.1 Å². The normalized spacial score (nSPS) is 30.0. The standard InChI is InChI=1S/C11H17NO5/c13-10(8-2-1-4-16-7-8)12-3-5-17-9(6-12)11(14)15/h8-9H,1-7H2,(H,14,15)/t8-,9+/m0/s1. The molecule has 0 radical (unpaired) electrons. The Bertz CT molecular complexity index is 300. The zero-order chi connectivity index (χ0) is 12.3. The van der Waals surface area contributed by atoms with Crippen molar-refractivity contribution in [3.8, 4) is 0 Å². The molecular weight excluding hydrogens is 226 g/mol. The smallest absolute Gasteiger partial charge is 0.334 e. The molecule has 2 atom stereocenters. The van der Waals surface area contributed by atoms with E-state index >= 15 is 0 Å². The van der Waals surface area contributed by atoms with Crippen molar-refractivity contribution >= 4 is 11.9 Å². The van der Waals surface area contributed by atoms with Crippen LogP contribution < -0.4 is 0 Å². The van der Waals surface area contributed by atoms with Crippen LogP contribution in [-0.4, -0.2) is 60.9 Å². The van der Waals surface area contributed by atoms with Gasteiger partial charge in [0.1, 0.15) is 0 Å². The maximum atomic E-state index is 12.1. The largest absolute Gasteiger partial charge is 0.479 e. The van der Waals surface area contributed by atoms with E-state index in [2.05, 4.69) is 0 Å². The van der Waals surface area contributed by atoms with Crippen LogP contribution >= 0.6 is 0 Å². The molecule has 1 N–H and O–H groups in total. The van der Waals surface area contributed by atoms with Crippen molar-refractivity contribution in [2.45, 2.75) is 18.9 Å². The molecule has 2 heterocycles. The predicted molar refractivity (Wildman–Crippen MR) is 57.5 cm³/mol. The van der Waals surface area contributed by atoms with E-state index in [-0.39, 0.29) is 25.0 Å². The van der Waals surface area contributed by atoms with Crippen molar-refractivity contribution in [3.05, 3.63) is 0 Å². The lowest BCUT2D eigenvalue weighted by Gasteiger charge is -2.34. The van der Waals surface area contributed by atoms with E-state index in [4.69, 9.17) is 14.6 Å². The minimum Gasteiger partial charge on any atom is -0.479 e. The van der Waals surface area contributed by atoms with Crippen LogP contribution in [-0.2, 0) is 19.1 Å². The lowest BCUT2D eigenvalue weighted by molar-refractivity contribution is -0.161. The van der Waals surface area contributed by atoms with E-state index in [1.54, 1.807) is 4.90 Å². The lowest BCUT2D eigenvalue weighted by atomic mass is 10.0. The first-order chi connectivity index (χ1) is 8.18. The highest BCUT2D eigenvalue weighted by Gasteiger charge is 2.33. The number of carbonyl (C=O) groups is 2.